The summed E-state index contributed by atoms with van der Waals surface area (Å²) in [4.78, 5) is 23.8. The van der Waals surface area contributed by atoms with Gasteiger partial charge in [-0.05, 0) is 42.8 Å². The molecule has 138 valence electrons. The average Bonchev–Trinajstić information content (AvgIpc) is 2.55. The fourth-order valence-corrected chi connectivity index (χ4v) is 2.86. The van der Waals surface area contributed by atoms with Crippen LogP contribution in [0.3, 0.4) is 0 Å². The Hall–Kier alpha value is -2.13. The maximum atomic E-state index is 12.1. The highest BCUT2D eigenvalue weighted by molar-refractivity contribution is 7.89. The highest BCUT2D eigenvalue weighted by Crippen LogP contribution is 2.25. The normalized spacial score (nSPS) is 11.1. The van der Waals surface area contributed by atoms with Gasteiger partial charge >= 0.3 is 5.97 Å². The van der Waals surface area contributed by atoms with E-state index in [0.717, 1.165) is 6.07 Å². The van der Waals surface area contributed by atoms with E-state index in [0.29, 0.717) is 10.6 Å². The Morgan fingerprint density at radius 3 is 2.50 bits per heavy atom. The number of nitrogens with one attached hydrogen (secondary N) is 1. The van der Waals surface area contributed by atoms with Gasteiger partial charge in [-0.1, -0.05) is 29.3 Å². The zero-order valence-electron chi connectivity index (χ0n) is 13.5. The summed E-state index contributed by atoms with van der Waals surface area (Å²) < 4.78 is 27.7. The number of benzene rings is 2. The molecule has 2 aromatic carbocycles. The Balaban J connectivity index is 2.06. The molecule has 2 rings (SSSR count). The molecule has 0 radical (unpaired) electrons. The molecule has 0 fully saturated rings. The number of primary sulfonamides is 1. The van der Waals surface area contributed by atoms with Crippen molar-refractivity contribution in [2.45, 2.75) is 11.8 Å². The number of anilines is 1. The molecule has 26 heavy (non-hydrogen) atoms. The topological polar surface area (TPSA) is 116 Å². The van der Waals surface area contributed by atoms with Crippen molar-refractivity contribution in [3.8, 4) is 0 Å². The van der Waals surface area contributed by atoms with Crippen LogP contribution in [0.4, 0.5) is 5.69 Å². The zero-order valence-corrected chi connectivity index (χ0v) is 15.8. The summed E-state index contributed by atoms with van der Waals surface area (Å²) in [6.07, 6.45) is 0. The van der Waals surface area contributed by atoms with E-state index < -0.39 is 28.5 Å². The number of amides is 1. The molecule has 2 aromatic rings. The van der Waals surface area contributed by atoms with E-state index >= 15 is 0 Å². The van der Waals surface area contributed by atoms with Crippen LogP contribution in [0.2, 0.25) is 10.0 Å². The second kappa shape index (κ2) is 8.05. The summed E-state index contributed by atoms with van der Waals surface area (Å²) in [7, 11) is -3.97. The third-order valence-electron chi connectivity index (χ3n) is 3.29. The third-order valence-corrected chi connectivity index (χ3v) is 4.77. The van der Waals surface area contributed by atoms with Crippen molar-refractivity contribution in [2.24, 2.45) is 5.14 Å². The van der Waals surface area contributed by atoms with E-state index in [2.05, 4.69) is 5.32 Å². The van der Waals surface area contributed by atoms with E-state index in [1.807, 2.05) is 0 Å². The molecule has 0 aliphatic carbocycles. The molecule has 0 aliphatic heterocycles. The van der Waals surface area contributed by atoms with Crippen molar-refractivity contribution < 1.29 is 22.7 Å². The molecule has 0 atom stereocenters. The quantitative estimate of drug-likeness (QED) is 0.726. The predicted molar refractivity (Wildman–Crippen MR) is 97.9 cm³/mol. The van der Waals surface area contributed by atoms with Crippen LogP contribution in [0.5, 0.6) is 0 Å². The van der Waals surface area contributed by atoms with Crippen molar-refractivity contribution in [3.05, 3.63) is 57.6 Å². The van der Waals surface area contributed by atoms with Gasteiger partial charge < -0.3 is 10.1 Å². The van der Waals surface area contributed by atoms with Crippen LogP contribution in [-0.2, 0) is 19.6 Å². The summed E-state index contributed by atoms with van der Waals surface area (Å²) in [6, 6.07) is 8.30. The average molecular weight is 417 g/mol. The minimum atomic E-state index is -3.97. The number of ether oxygens (including phenoxy) is 1. The van der Waals surface area contributed by atoms with Crippen LogP contribution in [0.1, 0.15) is 15.9 Å². The maximum Gasteiger partial charge on any atom is 0.338 e. The van der Waals surface area contributed by atoms with Gasteiger partial charge in [0.1, 0.15) is 0 Å². The van der Waals surface area contributed by atoms with Gasteiger partial charge in [-0.15, -0.1) is 0 Å². The van der Waals surface area contributed by atoms with Crippen LogP contribution in [0.25, 0.3) is 0 Å². The van der Waals surface area contributed by atoms with Gasteiger partial charge in [0.2, 0.25) is 10.0 Å². The zero-order chi connectivity index (χ0) is 19.5. The molecule has 0 aliphatic rings. The number of rotatable bonds is 5. The van der Waals surface area contributed by atoms with Crippen LogP contribution >= 0.6 is 23.2 Å². The van der Waals surface area contributed by atoms with Gasteiger partial charge in [0.05, 0.1) is 21.2 Å². The first-order valence-electron chi connectivity index (χ1n) is 7.13. The summed E-state index contributed by atoms with van der Waals surface area (Å²) in [6.45, 7) is 0.996. The van der Waals surface area contributed by atoms with Gasteiger partial charge in [0, 0.05) is 5.02 Å². The molecule has 0 saturated heterocycles. The minimum absolute atomic E-state index is 0.00915. The molecule has 0 saturated carbocycles. The Bertz CT molecular complexity index is 977. The lowest BCUT2D eigenvalue weighted by atomic mass is 10.1. The summed E-state index contributed by atoms with van der Waals surface area (Å²) in [5.41, 5.74) is 0.735. The largest absolute Gasteiger partial charge is 0.452 e. The summed E-state index contributed by atoms with van der Waals surface area (Å²) in [5, 5.41) is 8.14. The van der Waals surface area contributed by atoms with Crippen molar-refractivity contribution in [1.82, 2.24) is 0 Å². The van der Waals surface area contributed by atoms with Crippen LogP contribution < -0.4 is 10.5 Å². The molecule has 0 unspecified atom stereocenters. The first-order chi connectivity index (χ1) is 12.1. The lowest BCUT2D eigenvalue weighted by molar-refractivity contribution is -0.119. The third kappa shape index (κ3) is 5.18. The Morgan fingerprint density at radius 1 is 1.15 bits per heavy atom. The van der Waals surface area contributed by atoms with E-state index in [9.17, 15) is 18.0 Å². The van der Waals surface area contributed by atoms with Crippen molar-refractivity contribution in [2.75, 3.05) is 11.9 Å². The van der Waals surface area contributed by atoms with Gasteiger partial charge in [-0.25, -0.2) is 18.4 Å². The highest BCUT2D eigenvalue weighted by Gasteiger charge is 2.17. The van der Waals surface area contributed by atoms with Gasteiger partial charge in [-0.3, -0.25) is 4.79 Å². The van der Waals surface area contributed by atoms with E-state index in [-0.39, 0.29) is 21.2 Å². The number of sulfonamides is 1. The minimum Gasteiger partial charge on any atom is -0.452 e. The molecule has 10 heteroatoms. The van der Waals surface area contributed by atoms with Gasteiger partial charge in [0.25, 0.3) is 5.91 Å². The first kappa shape index (κ1) is 20.2. The number of nitrogens with two attached hydrogens (primary N) is 1. The number of carbonyl (C=O) groups is 2. The molecule has 0 heterocycles. The molecule has 0 aromatic heterocycles. The SMILES string of the molecule is Cc1ccc(S(N)(=O)=O)cc1C(=O)OCC(=O)Nc1cc(Cl)ccc1Cl. The molecular formula is C16H14Cl2N2O5S. The van der Waals surface area contributed by atoms with Crippen LogP contribution in [0, 0.1) is 6.92 Å². The number of halogens is 2. The van der Waals surface area contributed by atoms with Gasteiger partial charge in [-0.2, -0.15) is 0 Å². The van der Waals surface area contributed by atoms with Crippen LogP contribution in [0.15, 0.2) is 41.3 Å². The first-order valence-corrected chi connectivity index (χ1v) is 9.43. The maximum absolute atomic E-state index is 12.1. The molecule has 0 spiro atoms. The summed E-state index contributed by atoms with van der Waals surface area (Å²) in [5.74, 6) is -1.50. The lowest BCUT2D eigenvalue weighted by Crippen LogP contribution is -2.22. The summed E-state index contributed by atoms with van der Waals surface area (Å²) >= 11 is 11.8. The van der Waals surface area contributed by atoms with Crippen molar-refractivity contribution >= 4 is 50.8 Å². The van der Waals surface area contributed by atoms with Crippen molar-refractivity contribution in [3.63, 3.8) is 0 Å². The molecule has 7 nitrogen and oxygen atoms in total. The predicted octanol–water partition coefficient (Wildman–Crippen LogP) is 2.74. The molecule has 1 amide bonds. The van der Waals surface area contributed by atoms with E-state index in [1.54, 1.807) is 13.0 Å². The fraction of sp³-hybridized carbons (Fsp3) is 0.125. The molecular weight excluding hydrogens is 403 g/mol. The smallest absolute Gasteiger partial charge is 0.338 e. The number of esters is 1. The standard InChI is InChI=1S/C16H14Cl2N2O5S/c1-9-2-4-11(26(19,23)24)7-12(9)16(22)25-8-15(21)20-14-6-10(17)3-5-13(14)18/h2-7H,8H2,1H3,(H,20,21)(H2,19,23,24). The van der Waals surface area contributed by atoms with Gasteiger partial charge in [0.15, 0.2) is 6.61 Å². The Labute approximate surface area is 160 Å². The Kier molecular flexibility index (Phi) is 6.25. The number of carbonyl (C=O) groups excluding carboxylic acids is 2. The second-order valence-corrected chi connectivity index (χ2v) is 7.68. The molecule has 0 bridgehead atoms. The highest BCUT2D eigenvalue weighted by atomic mass is 35.5. The number of hydrogen-bond donors (Lipinski definition) is 2. The number of hydrogen-bond acceptors (Lipinski definition) is 5. The van der Waals surface area contributed by atoms with E-state index in [4.69, 9.17) is 33.1 Å². The monoisotopic (exact) mass is 416 g/mol. The lowest BCUT2D eigenvalue weighted by Gasteiger charge is -2.10. The molecule has 3 N–H and O–H groups in total. The van der Waals surface area contributed by atoms with Crippen molar-refractivity contribution in [1.29, 1.82) is 0 Å². The second-order valence-electron chi connectivity index (χ2n) is 5.27. The van der Waals surface area contributed by atoms with E-state index in [1.165, 1.54) is 24.3 Å². The Morgan fingerprint density at radius 2 is 1.85 bits per heavy atom. The fourth-order valence-electron chi connectivity index (χ4n) is 1.99. The van der Waals surface area contributed by atoms with Crippen LogP contribution in [-0.4, -0.2) is 26.9 Å². The number of aryl methyl sites for hydroxylation is 1.